The lowest BCUT2D eigenvalue weighted by Crippen LogP contribution is -2.30. The van der Waals surface area contributed by atoms with Crippen molar-refractivity contribution in [3.05, 3.63) is 122 Å². The van der Waals surface area contributed by atoms with Crippen molar-refractivity contribution in [1.82, 2.24) is 0 Å². The molecule has 0 saturated heterocycles. The van der Waals surface area contributed by atoms with E-state index in [4.69, 9.17) is 14.2 Å². The van der Waals surface area contributed by atoms with Crippen LogP contribution in [0.5, 0.6) is 0 Å². The molecule has 326 valence electrons. The van der Waals surface area contributed by atoms with Crippen molar-refractivity contribution in [2.75, 3.05) is 19.8 Å². The number of ether oxygens (including phenoxy) is 3. The molecule has 1 atom stereocenters. The van der Waals surface area contributed by atoms with Gasteiger partial charge in [0.15, 0.2) is 6.10 Å². The monoisotopic (exact) mass is 801 g/mol. The third-order valence-corrected chi connectivity index (χ3v) is 9.01. The van der Waals surface area contributed by atoms with Crippen LogP contribution in [0.3, 0.4) is 0 Å². The summed E-state index contributed by atoms with van der Waals surface area (Å²) in [5.41, 5.74) is 0. The number of hydrogen-bond donors (Lipinski definition) is 0. The molecule has 0 rings (SSSR count). The molecule has 0 spiro atoms. The van der Waals surface area contributed by atoms with Crippen LogP contribution in [0.4, 0.5) is 0 Å². The summed E-state index contributed by atoms with van der Waals surface area (Å²) < 4.78 is 17.2. The van der Waals surface area contributed by atoms with E-state index < -0.39 is 6.10 Å². The lowest BCUT2D eigenvalue weighted by Gasteiger charge is -2.18. The zero-order chi connectivity index (χ0) is 42.1. The molecule has 58 heavy (non-hydrogen) atoms. The average Bonchev–Trinajstić information content (AvgIpc) is 3.22. The second kappa shape index (κ2) is 47.7. The van der Waals surface area contributed by atoms with Crippen LogP contribution in [0.25, 0.3) is 0 Å². The first-order chi connectivity index (χ1) is 28.6. The molecule has 0 radical (unpaired) electrons. The van der Waals surface area contributed by atoms with Gasteiger partial charge in [-0.25, -0.2) is 0 Å². The lowest BCUT2D eigenvalue weighted by molar-refractivity contribution is -0.162. The molecule has 0 fully saturated rings. The van der Waals surface area contributed by atoms with Crippen LogP contribution in [0.15, 0.2) is 122 Å². The minimum Gasteiger partial charge on any atom is -0.462 e. The molecule has 0 aromatic rings. The van der Waals surface area contributed by atoms with Gasteiger partial charge in [-0.15, -0.1) is 0 Å². The van der Waals surface area contributed by atoms with Crippen LogP contribution in [-0.2, 0) is 23.8 Å². The third kappa shape index (κ3) is 45.0. The van der Waals surface area contributed by atoms with E-state index in [-0.39, 0.29) is 25.2 Å². The molecule has 0 amide bonds. The normalized spacial score (nSPS) is 13.4. The van der Waals surface area contributed by atoms with Gasteiger partial charge in [0.05, 0.1) is 6.61 Å². The highest BCUT2D eigenvalue weighted by Crippen LogP contribution is 2.11. The van der Waals surface area contributed by atoms with Gasteiger partial charge in [0.1, 0.15) is 6.61 Å². The van der Waals surface area contributed by atoms with Crippen LogP contribution in [-0.4, -0.2) is 37.9 Å². The molecule has 0 N–H and O–H groups in total. The minimum atomic E-state index is -0.587. The van der Waals surface area contributed by atoms with E-state index in [1.165, 1.54) is 25.7 Å². The molecule has 0 bridgehead atoms. The second-order valence-corrected chi connectivity index (χ2v) is 14.5. The molecular formula is C53H84O5. The van der Waals surface area contributed by atoms with Gasteiger partial charge < -0.3 is 14.2 Å². The van der Waals surface area contributed by atoms with Crippen LogP contribution in [0.2, 0.25) is 0 Å². The Morgan fingerprint density at radius 2 is 0.810 bits per heavy atom. The van der Waals surface area contributed by atoms with Gasteiger partial charge in [-0.05, 0) is 96.3 Å². The SMILES string of the molecule is CC/C=C\C/C=C\C/C=C\C/C=C\C/C=C\C/C=C\CCC(=O)OCC(COCCCCC/C=C\C/C=C\C/C=C\C/C=C\CC)OC(=O)CCCCCCCCC. The Bertz CT molecular complexity index is 1220. The van der Waals surface area contributed by atoms with E-state index >= 15 is 0 Å². The maximum atomic E-state index is 12.6. The fraction of sp³-hybridized carbons (Fsp3) is 0.585. The van der Waals surface area contributed by atoms with Gasteiger partial charge in [0.25, 0.3) is 0 Å². The summed E-state index contributed by atoms with van der Waals surface area (Å²) in [6.07, 6.45) is 66.5. The standard InChI is InChI=1S/C53H84O5/c1-4-7-10-13-16-18-20-22-24-26-27-28-29-31-33-35-38-40-43-46-52(54)57-50-51(58-53(55)47-44-41-37-15-12-9-6-3)49-56-48-45-42-39-36-34-32-30-25-23-21-19-17-14-11-8-5-2/h7-8,10-11,16-19,22-25,27-28,31-34,38,40,51H,4-6,9,12-15,20-21,26,29-30,35-37,39,41-50H2,1-3H3/b10-7-,11-8-,18-16-,19-17-,24-22-,25-23-,28-27-,33-31-,34-32-,40-38-. The largest absolute Gasteiger partial charge is 0.462 e. The molecule has 5 nitrogen and oxygen atoms in total. The van der Waals surface area contributed by atoms with Crippen molar-refractivity contribution < 1.29 is 23.8 Å². The first-order valence-corrected chi connectivity index (χ1v) is 23.1. The zero-order valence-corrected chi connectivity index (χ0v) is 37.3. The van der Waals surface area contributed by atoms with Crippen molar-refractivity contribution in [2.45, 2.75) is 181 Å². The zero-order valence-electron chi connectivity index (χ0n) is 37.3. The summed E-state index contributed by atoms with van der Waals surface area (Å²) in [5.74, 6) is -0.530. The maximum Gasteiger partial charge on any atom is 0.306 e. The topological polar surface area (TPSA) is 61.8 Å². The molecular weight excluding hydrogens is 717 g/mol. The predicted molar refractivity (Wildman–Crippen MR) is 251 cm³/mol. The van der Waals surface area contributed by atoms with Gasteiger partial charge in [0.2, 0.25) is 0 Å². The first-order valence-electron chi connectivity index (χ1n) is 23.1. The Hall–Kier alpha value is -3.70. The fourth-order valence-electron chi connectivity index (χ4n) is 5.64. The summed E-state index contributed by atoms with van der Waals surface area (Å²) in [6, 6.07) is 0. The Morgan fingerprint density at radius 1 is 0.397 bits per heavy atom. The highest BCUT2D eigenvalue weighted by Gasteiger charge is 2.17. The maximum absolute atomic E-state index is 12.6. The van der Waals surface area contributed by atoms with Crippen LogP contribution < -0.4 is 0 Å². The number of esters is 2. The fourth-order valence-corrected chi connectivity index (χ4v) is 5.64. The quantitative estimate of drug-likeness (QED) is 0.0351. The van der Waals surface area contributed by atoms with E-state index in [1.54, 1.807) is 0 Å². The highest BCUT2D eigenvalue weighted by molar-refractivity contribution is 5.70. The molecule has 0 heterocycles. The summed E-state index contributed by atoms with van der Waals surface area (Å²) in [7, 11) is 0. The van der Waals surface area contributed by atoms with Gasteiger partial charge >= 0.3 is 11.9 Å². The van der Waals surface area contributed by atoms with E-state index in [2.05, 4.69) is 136 Å². The van der Waals surface area contributed by atoms with Gasteiger partial charge in [-0.1, -0.05) is 187 Å². The Balaban J connectivity index is 4.36. The molecule has 1 unspecified atom stereocenters. The molecule has 0 aliphatic heterocycles. The van der Waals surface area contributed by atoms with E-state index in [0.29, 0.717) is 25.9 Å². The molecule has 0 aromatic heterocycles. The number of rotatable bonds is 40. The van der Waals surface area contributed by atoms with Gasteiger partial charge in [-0.2, -0.15) is 0 Å². The summed E-state index contributed by atoms with van der Waals surface area (Å²) in [5, 5.41) is 0. The van der Waals surface area contributed by atoms with E-state index in [9.17, 15) is 9.59 Å². The summed E-state index contributed by atoms with van der Waals surface area (Å²) in [6.45, 7) is 7.38. The van der Waals surface area contributed by atoms with E-state index in [1.807, 2.05) is 6.08 Å². The third-order valence-electron chi connectivity index (χ3n) is 9.01. The Kier molecular flexibility index (Phi) is 44.6. The van der Waals surface area contributed by atoms with Crippen molar-refractivity contribution in [3.63, 3.8) is 0 Å². The number of hydrogen-bond acceptors (Lipinski definition) is 5. The smallest absolute Gasteiger partial charge is 0.306 e. The van der Waals surface area contributed by atoms with Gasteiger partial charge in [0, 0.05) is 19.4 Å². The summed E-state index contributed by atoms with van der Waals surface area (Å²) in [4.78, 5) is 25.1. The van der Waals surface area contributed by atoms with Crippen molar-refractivity contribution in [2.24, 2.45) is 0 Å². The van der Waals surface area contributed by atoms with Crippen molar-refractivity contribution >= 4 is 11.9 Å². The van der Waals surface area contributed by atoms with Gasteiger partial charge in [-0.3, -0.25) is 9.59 Å². The number of carbonyl (C=O) groups is 2. The number of carbonyl (C=O) groups excluding carboxylic acids is 2. The Morgan fingerprint density at radius 3 is 1.29 bits per heavy atom. The highest BCUT2D eigenvalue weighted by atomic mass is 16.6. The summed E-state index contributed by atoms with van der Waals surface area (Å²) >= 11 is 0. The van der Waals surface area contributed by atoms with Crippen molar-refractivity contribution in [3.8, 4) is 0 Å². The van der Waals surface area contributed by atoms with Crippen LogP contribution >= 0.6 is 0 Å². The molecule has 0 aromatic carbocycles. The predicted octanol–water partition coefficient (Wildman–Crippen LogP) is 15.4. The molecule has 5 heteroatoms. The van der Waals surface area contributed by atoms with E-state index in [0.717, 1.165) is 109 Å². The molecule has 0 aliphatic carbocycles. The number of allylic oxidation sites excluding steroid dienone is 20. The Labute approximate surface area is 356 Å². The molecule has 0 aliphatic rings. The molecule has 0 saturated carbocycles. The first kappa shape index (κ1) is 54.3. The average molecular weight is 801 g/mol. The van der Waals surface area contributed by atoms with Crippen LogP contribution in [0.1, 0.15) is 175 Å². The minimum absolute atomic E-state index is 0.0250. The second-order valence-electron chi connectivity index (χ2n) is 14.5. The lowest BCUT2D eigenvalue weighted by atomic mass is 10.1. The van der Waals surface area contributed by atoms with Crippen LogP contribution in [0, 0.1) is 0 Å². The van der Waals surface area contributed by atoms with Crippen molar-refractivity contribution in [1.29, 1.82) is 0 Å². The number of unbranched alkanes of at least 4 members (excludes halogenated alkanes) is 9.